The van der Waals surface area contributed by atoms with Gasteiger partial charge in [0.25, 0.3) is 0 Å². The van der Waals surface area contributed by atoms with Gasteiger partial charge >= 0.3 is 5.97 Å². The van der Waals surface area contributed by atoms with E-state index in [9.17, 15) is 4.79 Å². The van der Waals surface area contributed by atoms with Crippen LogP contribution in [-0.4, -0.2) is 31.3 Å². The monoisotopic (exact) mass is 227 g/mol. The van der Waals surface area contributed by atoms with Crippen molar-refractivity contribution in [3.63, 3.8) is 0 Å². The Labute approximate surface area is 96.6 Å². The molecule has 0 saturated carbocycles. The molecule has 0 aliphatic rings. The molecule has 16 heavy (non-hydrogen) atoms. The second-order valence-corrected chi connectivity index (χ2v) is 3.02. The molecule has 1 aromatic carbocycles. The number of benzene rings is 1. The summed E-state index contributed by atoms with van der Waals surface area (Å²) in [7, 11) is 2.89. The van der Waals surface area contributed by atoms with Gasteiger partial charge in [-0.1, -0.05) is 6.07 Å². The highest BCUT2D eigenvalue weighted by molar-refractivity contribution is 5.73. The topological polar surface area (TPSA) is 81.8 Å². The Morgan fingerprint density at radius 3 is 2.69 bits per heavy atom. The van der Waals surface area contributed by atoms with Gasteiger partial charge in [0.15, 0.2) is 11.5 Å². The van der Waals surface area contributed by atoms with Crippen LogP contribution in [-0.2, 0) is 11.2 Å². The first-order valence-corrected chi connectivity index (χ1v) is 4.51. The summed E-state index contributed by atoms with van der Waals surface area (Å²) in [6, 6.07) is 2.04. The summed E-state index contributed by atoms with van der Waals surface area (Å²) in [6.45, 7) is 0. The largest absolute Gasteiger partial charge is 0.493 e. The fourth-order valence-corrected chi connectivity index (χ4v) is 1.18. The average molecular weight is 227 g/mol. The summed E-state index contributed by atoms with van der Waals surface area (Å²) in [6.07, 6.45) is -1.44. The minimum atomic E-state index is -2.42. The summed E-state index contributed by atoms with van der Waals surface area (Å²) in [5.74, 6) is -0.748. The van der Waals surface area contributed by atoms with Crippen molar-refractivity contribution < 1.29 is 22.1 Å². The molecule has 0 saturated heterocycles. The highest BCUT2D eigenvalue weighted by Gasteiger charge is 2.13. The molecule has 0 amide bonds. The molecular weight excluding hydrogens is 210 g/mol. The molecule has 0 unspecified atom stereocenters. The molecule has 0 heterocycles. The quantitative estimate of drug-likeness (QED) is 0.772. The van der Waals surface area contributed by atoms with Crippen LogP contribution in [0.4, 0.5) is 0 Å². The summed E-state index contributed by atoms with van der Waals surface area (Å²) in [4.78, 5) is 10.8. The number of rotatable bonds is 5. The molecule has 88 valence electrons. The van der Waals surface area contributed by atoms with E-state index in [0.29, 0.717) is 11.5 Å². The van der Waals surface area contributed by atoms with Crippen LogP contribution in [0.2, 0.25) is 0 Å². The van der Waals surface area contributed by atoms with Crippen LogP contribution in [0.15, 0.2) is 18.2 Å². The van der Waals surface area contributed by atoms with Crippen LogP contribution in [0.5, 0.6) is 11.5 Å². The van der Waals surface area contributed by atoms with Crippen LogP contribution < -0.4 is 15.2 Å². The normalized spacial score (nSPS) is 17.7. The molecule has 5 heteroatoms. The molecule has 0 aliphatic carbocycles. The third kappa shape index (κ3) is 2.87. The maximum Gasteiger partial charge on any atom is 0.320 e. The van der Waals surface area contributed by atoms with Gasteiger partial charge in [-0.25, -0.2) is 0 Å². The molecule has 1 rings (SSSR count). The third-order valence-electron chi connectivity index (χ3n) is 1.98. The highest BCUT2D eigenvalue weighted by atomic mass is 16.5. The van der Waals surface area contributed by atoms with Crippen LogP contribution in [0.25, 0.3) is 0 Å². The van der Waals surface area contributed by atoms with Crippen molar-refractivity contribution in [1.82, 2.24) is 0 Å². The molecule has 2 atom stereocenters. The fraction of sp³-hybridized carbons (Fsp3) is 0.364. The Balaban J connectivity index is 3.15. The van der Waals surface area contributed by atoms with E-state index in [2.05, 4.69) is 0 Å². The van der Waals surface area contributed by atoms with Gasteiger partial charge in [-0.15, -0.1) is 0 Å². The van der Waals surface area contributed by atoms with Crippen LogP contribution in [0.3, 0.4) is 0 Å². The van der Waals surface area contributed by atoms with Crippen molar-refractivity contribution in [1.29, 1.82) is 0 Å². The standard InChI is InChI=1S/C11H15NO4/c1-15-9-4-3-7(6-10(9)16-2)5-8(12)11(13)14/h3-4,6,8H,5,12H2,1-2H3,(H,13,14)/t8-/m0/s1/i5D,8D/t5-,8+/m1. The molecule has 0 aliphatic heterocycles. The van der Waals surface area contributed by atoms with E-state index in [-0.39, 0.29) is 5.56 Å². The van der Waals surface area contributed by atoms with Crippen molar-refractivity contribution in [2.75, 3.05) is 14.2 Å². The predicted octanol–water partition coefficient (Wildman–Crippen LogP) is 0.658. The smallest absolute Gasteiger partial charge is 0.320 e. The molecule has 0 bridgehead atoms. The molecule has 5 nitrogen and oxygen atoms in total. The number of methoxy groups -OCH3 is 2. The predicted molar refractivity (Wildman–Crippen MR) is 58.9 cm³/mol. The lowest BCUT2D eigenvalue weighted by Gasteiger charge is -2.11. The Morgan fingerprint density at radius 2 is 2.19 bits per heavy atom. The fourth-order valence-electron chi connectivity index (χ4n) is 1.18. The van der Waals surface area contributed by atoms with Gasteiger partial charge in [0.05, 0.1) is 15.6 Å². The zero-order chi connectivity index (χ0) is 13.9. The number of nitrogens with two attached hydrogens (primary N) is 1. The van der Waals surface area contributed by atoms with Gasteiger partial charge in [-0.2, -0.15) is 0 Å². The second kappa shape index (κ2) is 5.37. The zero-order valence-electron chi connectivity index (χ0n) is 11.1. The number of hydrogen-bond donors (Lipinski definition) is 2. The minimum Gasteiger partial charge on any atom is -0.493 e. The summed E-state index contributed by atoms with van der Waals surface area (Å²) in [5.41, 5.74) is 5.58. The van der Waals surface area contributed by atoms with Crippen molar-refractivity contribution in [3.8, 4) is 11.5 Å². The molecule has 3 N–H and O–H groups in total. The van der Waals surface area contributed by atoms with Crippen LogP contribution in [0.1, 0.15) is 8.30 Å². The summed E-state index contributed by atoms with van der Waals surface area (Å²) in [5, 5.41) is 8.81. The van der Waals surface area contributed by atoms with E-state index >= 15 is 0 Å². The molecule has 0 aromatic heterocycles. The molecule has 0 fully saturated rings. The molecule has 0 radical (unpaired) electrons. The van der Waals surface area contributed by atoms with Crippen molar-refractivity contribution in [2.45, 2.75) is 12.4 Å². The van der Waals surface area contributed by atoms with Gasteiger partial charge in [-0.05, 0) is 24.1 Å². The Hall–Kier alpha value is -1.75. The average Bonchev–Trinajstić information content (AvgIpc) is 2.36. The lowest BCUT2D eigenvalue weighted by molar-refractivity contribution is -0.138. The van der Waals surface area contributed by atoms with Gasteiger partial charge in [0, 0.05) is 1.37 Å². The van der Waals surface area contributed by atoms with E-state index in [4.69, 9.17) is 23.1 Å². The summed E-state index contributed by atoms with van der Waals surface area (Å²) < 4.78 is 25.3. The summed E-state index contributed by atoms with van der Waals surface area (Å²) >= 11 is 0. The maximum absolute atomic E-state index is 10.8. The Bertz CT molecular complexity index is 451. The number of carboxylic acid groups (broad SMARTS) is 1. The first-order valence-electron chi connectivity index (χ1n) is 5.58. The van der Waals surface area contributed by atoms with Crippen molar-refractivity contribution >= 4 is 5.97 Å². The van der Waals surface area contributed by atoms with Crippen LogP contribution >= 0.6 is 0 Å². The zero-order valence-corrected chi connectivity index (χ0v) is 9.06. The second-order valence-electron chi connectivity index (χ2n) is 3.02. The minimum absolute atomic E-state index is 0.271. The number of carbonyl (C=O) groups is 1. The van der Waals surface area contributed by atoms with Crippen LogP contribution in [0, 0.1) is 0 Å². The Kier molecular flexibility index (Phi) is 3.18. The van der Waals surface area contributed by atoms with Gasteiger partial charge in [-0.3, -0.25) is 4.79 Å². The van der Waals surface area contributed by atoms with E-state index in [1.807, 2.05) is 0 Å². The van der Waals surface area contributed by atoms with Crippen molar-refractivity contribution in [2.24, 2.45) is 5.73 Å². The SMILES string of the molecule is [2H][C@H](c1ccc(OC)c(OC)c1)[C@]([2H])(N)C(=O)O. The number of aliphatic carboxylic acids is 1. The number of ether oxygens (including phenoxy) is 2. The molecule has 0 spiro atoms. The van der Waals surface area contributed by atoms with E-state index in [1.54, 1.807) is 0 Å². The van der Waals surface area contributed by atoms with Gasteiger partial charge < -0.3 is 20.3 Å². The highest BCUT2D eigenvalue weighted by Crippen LogP contribution is 2.27. The van der Waals surface area contributed by atoms with Crippen molar-refractivity contribution in [3.05, 3.63) is 23.8 Å². The first kappa shape index (κ1) is 9.47. The third-order valence-corrected chi connectivity index (χ3v) is 1.98. The van der Waals surface area contributed by atoms with Gasteiger partial charge in [0.1, 0.15) is 6.02 Å². The van der Waals surface area contributed by atoms with E-state index in [1.165, 1.54) is 32.4 Å². The lowest BCUT2D eigenvalue weighted by Crippen LogP contribution is -2.32. The maximum atomic E-state index is 10.8. The lowest BCUT2D eigenvalue weighted by atomic mass is 10.1. The number of carboxylic acids is 1. The number of hydrogen-bond acceptors (Lipinski definition) is 4. The van der Waals surface area contributed by atoms with E-state index < -0.39 is 18.4 Å². The molecular formula is C11H15NO4. The van der Waals surface area contributed by atoms with E-state index in [0.717, 1.165) is 0 Å². The van der Waals surface area contributed by atoms with Gasteiger partial charge in [0.2, 0.25) is 0 Å². The first-order chi connectivity index (χ1) is 8.34. The Morgan fingerprint density at radius 1 is 1.56 bits per heavy atom. The molecule has 1 aromatic rings.